The largest absolute Gasteiger partial charge is 0.390 e. The molecule has 0 saturated heterocycles. The summed E-state index contributed by atoms with van der Waals surface area (Å²) in [5.41, 5.74) is 4.89. The number of rotatable bonds is 13. The Labute approximate surface area is 258 Å². The van der Waals surface area contributed by atoms with Crippen LogP contribution >= 0.6 is 11.3 Å². The number of aliphatic hydroxyl groups excluding tert-OH is 1. The van der Waals surface area contributed by atoms with Gasteiger partial charge in [0.15, 0.2) is 0 Å². The molecule has 1 unspecified atom stereocenters. The van der Waals surface area contributed by atoms with Crippen LogP contribution in [-0.2, 0) is 13.0 Å². The van der Waals surface area contributed by atoms with E-state index in [1.165, 1.54) is 11.3 Å². The number of nitrogens with zero attached hydrogens (tertiary/aromatic N) is 3. The van der Waals surface area contributed by atoms with Gasteiger partial charge < -0.3 is 20.6 Å². The molecule has 2 aromatic heterocycles. The number of amides is 2. The molecule has 4 aromatic rings. The van der Waals surface area contributed by atoms with Crippen LogP contribution in [0.3, 0.4) is 0 Å². The number of thiazole rings is 1. The molecule has 0 bridgehead atoms. The van der Waals surface area contributed by atoms with Gasteiger partial charge in [0.05, 0.1) is 18.7 Å². The third-order valence-electron chi connectivity index (χ3n) is 7.42. The Bertz CT molecular complexity index is 1510. The predicted molar refractivity (Wildman–Crippen MR) is 171 cm³/mol. The predicted octanol–water partition coefficient (Wildman–Crippen LogP) is 5.29. The van der Waals surface area contributed by atoms with Crippen molar-refractivity contribution in [2.45, 2.75) is 64.8 Å². The number of hydrogen-bond donors (Lipinski definition) is 3. The Morgan fingerprint density at radius 2 is 1.70 bits per heavy atom. The maximum Gasteiger partial charge on any atom is 0.253 e. The average Bonchev–Trinajstić information content (AvgIpc) is 3.43. The number of aliphatic hydroxyl groups is 1. The van der Waals surface area contributed by atoms with Crippen LogP contribution in [0.4, 0.5) is 0 Å². The maximum atomic E-state index is 13.5. The summed E-state index contributed by atoms with van der Waals surface area (Å²) >= 11 is 1.51. The van der Waals surface area contributed by atoms with Gasteiger partial charge in [-0.05, 0) is 61.1 Å². The minimum atomic E-state index is -0.870. The molecule has 0 aliphatic carbocycles. The number of nitrogens with one attached hydrogen (secondary N) is 2. The molecule has 3 atom stereocenters. The quantitative estimate of drug-likeness (QED) is 0.193. The lowest BCUT2D eigenvalue weighted by Gasteiger charge is -2.26. The molecule has 8 nitrogen and oxygen atoms in total. The summed E-state index contributed by atoms with van der Waals surface area (Å²) in [6.07, 6.45) is 3.29. The van der Waals surface area contributed by atoms with Crippen LogP contribution < -0.4 is 10.6 Å². The van der Waals surface area contributed by atoms with Crippen molar-refractivity contribution in [2.24, 2.45) is 0 Å². The smallest absolute Gasteiger partial charge is 0.253 e. The summed E-state index contributed by atoms with van der Waals surface area (Å²) in [5.74, 6) is -0.181. The summed E-state index contributed by atoms with van der Waals surface area (Å²) in [6.45, 7) is 8.88. The summed E-state index contributed by atoms with van der Waals surface area (Å²) in [5, 5.41) is 20.6. The van der Waals surface area contributed by atoms with Crippen LogP contribution in [0.1, 0.15) is 80.8 Å². The first-order chi connectivity index (χ1) is 20.6. The summed E-state index contributed by atoms with van der Waals surface area (Å²) < 4.78 is 0. The summed E-state index contributed by atoms with van der Waals surface area (Å²) in [6, 6.07) is 18.0. The standard InChI is InChI=1S/C34H41N5O3S/c1-22(2)28-16-29(18-35-17-28)24(4)36-19-31(40)30(14-25-10-7-6-8-11-25)38-33(41)26-12-9-13-27(15-26)34(42)39(5)20-32-37-23(3)21-43-32/h6-13,15-18,21-22,24,30-31,36,40H,14,19-20H2,1-5H3,(H,38,41)/t24?,30-,31+/m0/s1. The second-order valence-corrected chi connectivity index (χ2v) is 12.2. The molecule has 0 spiro atoms. The van der Waals surface area contributed by atoms with E-state index in [-0.39, 0.29) is 24.4 Å². The van der Waals surface area contributed by atoms with E-state index in [2.05, 4.69) is 40.5 Å². The molecular formula is C34H41N5O3S. The highest BCUT2D eigenvalue weighted by atomic mass is 32.1. The van der Waals surface area contributed by atoms with Gasteiger partial charge in [0.1, 0.15) is 5.01 Å². The van der Waals surface area contributed by atoms with Crippen molar-refractivity contribution >= 4 is 23.2 Å². The molecule has 43 heavy (non-hydrogen) atoms. The summed E-state index contributed by atoms with van der Waals surface area (Å²) in [7, 11) is 1.72. The lowest BCUT2D eigenvalue weighted by atomic mass is 9.99. The first-order valence-electron chi connectivity index (χ1n) is 14.6. The van der Waals surface area contributed by atoms with Crippen LogP contribution in [-0.4, -0.2) is 57.5 Å². The van der Waals surface area contributed by atoms with Gasteiger partial charge in [0, 0.05) is 54.2 Å². The molecular weight excluding hydrogens is 558 g/mol. The number of hydrogen-bond acceptors (Lipinski definition) is 7. The van der Waals surface area contributed by atoms with Gasteiger partial charge in [0.2, 0.25) is 0 Å². The van der Waals surface area contributed by atoms with Crippen LogP contribution in [0.25, 0.3) is 0 Å². The minimum Gasteiger partial charge on any atom is -0.390 e. The van der Waals surface area contributed by atoms with Crippen molar-refractivity contribution in [1.82, 2.24) is 25.5 Å². The van der Waals surface area contributed by atoms with Crippen molar-refractivity contribution in [3.05, 3.63) is 117 Å². The van der Waals surface area contributed by atoms with Crippen LogP contribution in [0.15, 0.2) is 78.4 Å². The lowest BCUT2D eigenvalue weighted by molar-refractivity contribution is 0.0784. The first-order valence-corrected chi connectivity index (χ1v) is 15.5. The number of carbonyl (C=O) groups is 2. The molecule has 0 saturated carbocycles. The van der Waals surface area contributed by atoms with Gasteiger partial charge in [0.25, 0.3) is 11.8 Å². The molecule has 9 heteroatoms. The zero-order valence-corrected chi connectivity index (χ0v) is 26.3. The monoisotopic (exact) mass is 599 g/mol. The van der Waals surface area contributed by atoms with Gasteiger partial charge >= 0.3 is 0 Å². The Morgan fingerprint density at radius 1 is 0.977 bits per heavy atom. The zero-order chi connectivity index (χ0) is 30.9. The fourth-order valence-corrected chi connectivity index (χ4v) is 5.58. The van der Waals surface area contributed by atoms with Gasteiger partial charge in [-0.1, -0.05) is 56.3 Å². The third kappa shape index (κ3) is 9.03. The van der Waals surface area contributed by atoms with Gasteiger partial charge in [-0.3, -0.25) is 14.6 Å². The Balaban J connectivity index is 1.45. The molecule has 0 aliphatic rings. The van der Waals surface area contributed by atoms with E-state index in [1.807, 2.05) is 62.0 Å². The van der Waals surface area contributed by atoms with E-state index in [1.54, 1.807) is 36.2 Å². The molecule has 2 heterocycles. The van der Waals surface area contributed by atoms with Crippen LogP contribution in [0, 0.1) is 6.92 Å². The van der Waals surface area contributed by atoms with E-state index in [9.17, 15) is 14.7 Å². The molecule has 2 aromatic carbocycles. The maximum absolute atomic E-state index is 13.5. The second kappa shape index (κ2) is 15.0. The molecule has 226 valence electrons. The minimum absolute atomic E-state index is 0.0399. The Hall–Kier alpha value is -3.92. The van der Waals surface area contributed by atoms with E-state index in [4.69, 9.17) is 0 Å². The third-order valence-corrected chi connectivity index (χ3v) is 8.37. The van der Waals surface area contributed by atoms with E-state index < -0.39 is 12.1 Å². The van der Waals surface area contributed by atoms with E-state index in [0.29, 0.717) is 30.0 Å². The van der Waals surface area contributed by atoms with E-state index in [0.717, 1.165) is 27.4 Å². The van der Waals surface area contributed by atoms with Crippen molar-refractivity contribution in [1.29, 1.82) is 0 Å². The number of pyridine rings is 1. The normalized spacial score (nSPS) is 13.4. The zero-order valence-electron chi connectivity index (χ0n) is 25.4. The van der Waals surface area contributed by atoms with Gasteiger partial charge in [-0.15, -0.1) is 11.3 Å². The van der Waals surface area contributed by atoms with Crippen LogP contribution in [0.5, 0.6) is 0 Å². The SMILES string of the molecule is Cc1csc(CN(C)C(=O)c2cccc(C(=O)N[C@@H](Cc3ccccc3)[C@H](O)CNC(C)c3cncc(C(C)C)c3)c2)n1. The van der Waals surface area contributed by atoms with E-state index >= 15 is 0 Å². The Morgan fingerprint density at radius 3 is 2.40 bits per heavy atom. The lowest BCUT2D eigenvalue weighted by Crippen LogP contribution is -2.49. The molecule has 3 N–H and O–H groups in total. The fraction of sp³-hybridized carbons (Fsp3) is 0.353. The van der Waals surface area contributed by atoms with Crippen LogP contribution in [0.2, 0.25) is 0 Å². The summed E-state index contributed by atoms with van der Waals surface area (Å²) in [4.78, 5) is 37.0. The number of benzene rings is 2. The van der Waals surface area contributed by atoms with Gasteiger partial charge in [-0.2, -0.15) is 0 Å². The molecule has 0 aliphatic heterocycles. The van der Waals surface area contributed by atoms with Crippen molar-refractivity contribution in [3.8, 4) is 0 Å². The highest BCUT2D eigenvalue weighted by Crippen LogP contribution is 2.19. The highest BCUT2D eigenvalue weighted by molar-refractivity contribution is 7.09. The topological polar surface area (TPSA) is 107 Å². The Kier molecular flexibility index (Phi) is 11.2. The van der Waals surface area contributed by atoms with Gasteiger partial charge in [-0.25, -0.2) is 4.98 Å². The first kappa shape index (κ1) is 32.0. The van der Waals surface area contributed by atoms with Crippen molar-refractivity contribution in [3.63, 3.8) is 0 Å². The van der Waals surface area contributed by atoms with Crippen molar-refractivity contribution < 1.29 is 14.7 Å². The van der Waals surface area contributed by atoms with Crippen molar-refractivity contribution in [2.75, 3.05) is 13.6 Å². The highest BCUT2D eigenvalue weighted by Gasteiger charge is 2.24. The number of aromatic nitrogens is 2. The fourth-order valence-electron chi connectivity index (χ4n) is 4.75. The molecule has 4 rings (SSSR count). The molecule has 2 amide bonds. The number of aryl methyl sites for hydroxylation is 1. The second-order valence-electron chi connectivity index (χ2n) is 11.3. The molecule has 0 fully saturated rings. The molecule has 0 radical (unpaired) electrons. The number of carbonyl (C=O) groups excluding carboxylic acids is 2. The average molecular weight is 600 g/mol.